The van der Waals surface area contributed by atoms with E-state index in [1.54, 1.807) is 6.20 Å². The molecule has 16 heavy (non-hydrogen) atoms. The summed E-state index contributed by atoms with van der Waals surface area (Å²) in [5.41, 5.74) is 2.45. The molecular formula is C13H17NO2. The van der Waals surface area contributed by atoms with Crippen molar-refractivity contribution in [2.75, 3.05) is 7.11 Å². The Morgan fingerprint density at radius 1 is 1.44 bits per heavy atom. The molecule has 0 radical (unpaired) electrons. The number of hydrogen-bond donors (Lipinski definition) is 1. The molecule has 0 aliphatic heterocycles. The molecule has 0 saturated heterocycles. The standard InChI is InChI=1S/C13H17NO2/c1-10-6-4-5-7-12(10)11(2)14-9-8-13(15)16-3/h4-9,11,14H,1-3H3/b9-8+/t11-/m0/s1. The molecule has 0 unspecified atom stereocenters. The minimum absolute atomic E-state index is 0.169. The van der Waals surface area contributed by atoms with Gasteiger partial charge in [0, 0.05) is 18.3 Å². The number of rotatable bonds is 4. The first kappa shape index (κ1) is 12.3. The highest BCUT2D eigenvalue weighted by molar-refractivity contribution is 5.81. The average molecular weight is 219 g/mol. The molecule has 0 aromatic heterocycles. The Labute approximate surface area is 96.1 Å². The van der Waals surface area contributed by atoms with Crippen LogP contribution in [0.5, 0.6) is 0 Å². The number of aryl methyl sites for hydroxylation is 1. The van der Waals surface area contributed by atoms with Crippen LogP contribution >= 0.6 is 0 Å². The Balaban J connectivity index is 2.60. The second-order valence-electron chi connectivity index (χ2n) is 3.60. The molecule has 0 saturated carbocycles. The minimum Gasteiger partial charge on any atom is -0.466 e. The molecule has 1 aromatic rings. The number of carbonyl (C=O) groups excluding carboxylic acids is 1. The smallest absolute Gasteiger partial charge is 0.331 e. The number of methoxy groups -OCH3 is 1. The number of ether oxygens (including phenoxy) is 1. The molecule has 0 amide bonds. The predicted molar refractivity (Wildman–Crippen MR) is 63.9 cm³/mol. The van der Waals surface area contributed by atoms with Crippen molar-refractivity contribution in [3.63, 3.8) is 0 Å². The molecule has 86 valence electrons. The molecule has 1 N–H and O–H groups in total. The number of esters is 1. The summed E-state index contributed by atoms with van der Waals surface area (Å²) in [6.45, 7) is 4.11. The highest BCUT2D eigenvalue weighted by Gasteiger charge is 2.04. The third-order valence-electron chi connectivity index (χ3n) is 2.42. The van der Waals surface area contributed by atoms with Crippen molar-refractivity contribution < 1.29 is 9.53 Å². The summed E-state index contributed by atoms with van der Waals surface area (Å²) in [7, 11) is 1.36. The van der Waals surface area contributed by atoms with Crippen LogP contribution in [-0.4, -0.2) is 13.1 Å². The largest absolute Gasteiger partial charge is 0.466 e. The topological polar surface area (TPSA) is 38.3 Å². The van der Waals surface area contributed by atoms with Crippen LogP contribution in [0.1, 0.15) is 24.1 Å². The zero-order valence-electron chi connectivity index (χ0n) is 9.86. The molecule has 0 bridgehead atoms. The first-order valence-corrected chi connectivity index (χ1v) is 5.21. The average Bonchev–Trinajstić information content (AvgIpc) is 2.29. The van der Waals surface area contributed by atoms with E-state index in [1.165, 1.54) is 24.3 Å². The van der Waals surface area contributed by atoms with Crippen LogP contribution in [0.4, 0.5) is 0 Å². The zero-order valence-corrected chi connectivity index (χ0v) is 9.86. The summed E-state index contributed by atoms with van der Waals surface area (Å²) in [5, 5.41) is 3.12. The van der Waals surface area contributed by atoms with Crippen LogP contribution in [0.3, 0.4) is 0 Å². The van der Waals surface area contributed by atoms with Crippen LogP contribution in [0, 0.1) is 6.92 Å². The van der Waals surface area contributed by atoms with Gasteiger partial charge in [-0.1, -0.05) is 24.3 Å². The van der Waals surface area contributed by atoms with Crippen LogP contribution in [0.15, 0.2) is 36.5 Å². The summed E-state index contributed by atoms with van der Waals surface area (Å²) in [6, 6.07) is 8.32. The van der Waals surface area contributed by atoms with E-state index in [0.29, 0.717) is 0 Å². The number of benzene rings is 1. The highest BCUT2D eigenvalue weighted by atomic mass is 16.5. The summed E-state index contributed by atoms with van der Waals surface area (Å²) >= 11 is 0. The van der Waals surface area contributed by atoms with Gasteiger partial charge in [0.05, 0.1) is 7.11 Å². The quantitative estimate of drug-likeness (QED) is 0.624. The van der Waals surface area contributed by atoms with Gasteiger partial charge in [0.2, 0.25) is 0 Å². The third-order valence-corrected chi connectivity index (χ3v) is 2.42. The summed E-state index contributed by atoms with van der Waals surface area (Å²) < 4.78 is 4.50. The lowest BCUT2D eigenvalue weighted by molar-refractivity contribution is -0.134. The van der Waals surface area contributed by atoms with E-state index in [4.69, 9.17) is 0 Å². The van der Waals surface area contributed by atoms with E-state index in [9.17, 15) is 4.79 Å². The van der Waals surface area contributed by atoms with Crippen LogP contribution in [0.2, 0.25) is 0 Å². The fraction of sp³-hybridized carbons (Fsp3) is 0.308. The van der Waals surface area contributed by atoms with E-state index in [2.05, 4.69) is 29.1 Å². The van der Waals surface area contributed by atoms with Crippen molar-refractivity contribution in [2.45, 2.75) is 19.9 Å². The molecule has 3 heteroatoms. The molecule has 1 aromatic carbocycles. The van der Waals surface area contributed by atoms with E-state index >= 15 is 0 Å². The van der Waals surface area contributed by atoms with Crippen molar-refractivity contribution in [1.29, 1.82) is 0 Å². The lowest BCUT2D eigenvalue weighted by Crippen LogP contribution is -2.13. The third kappa shape index (κ3) is 3.42. The van der Waals surface area contributed by atoms with Crippen molar-refractivity contribution in [3.8, 4) is 0 Å². The van der Waals surface area contributed by atoms with Gasteiger partial charge in [0.1, 0.15) is 0 Å². The lowest BCUT2D eigenvalue weighted by Gasteiger charge is -2.14. The Hall–Kier alpha value is -1.77. The molecule has 1 rings (SSSR count). The second-order valence-corrected chi connectivity index (χ2v) is 3.60. The van der Waals surface area contributed by atoms with Crippen molar-refractivity contribution in [3.05, 3.63) is 47.7 Å². The van der Waals surface area contributed by atoms with E-state index in [1.807, 2.05) is 19.1 Å². The van der Waals surface area contributed by atoms with Gasteiger partial charge in [-0.15, -0.1) is 0 Å². The maximum atomic E-state index is 10.8. The Morgan fingerprint density at radius 3 is 2.75 bits per heavy atom. The highest BCUT2D eigenvalue weighted by Crippen LogP contribution is 2.16. The molecule has 0 fully saturated rings. The van der Waals surface area contributed by atoms with Gasteiger partial charge in [-0.2, -0.15) is 0 Å². The van der Waals surface area contributed by atoms with Gasteiger partial charge < -0.3 is 10.1 Å². The van der Waals surface area contributed by atoms with E-state index < -0.39 is 0 Å². The monoisotopic (exact) mass is 219 g/mol. The van der Waals surface area contributed by atoms with E-state index in [-0.39, 0.29) is 12.0 Å². The SMILES string of the molecule is COC(=O)/C=C/N[C@@H](C)c1ccccc1C. The molecule has 0 aliphatic rings. The summed E-state index contributed by atoms with van der Waals surface area (Å²) in [5.74, 6) is -0.357. The Morgan fingerprint density at radius 2 is 2.12 bits per heavy atom. The van der Waals surface area contributed by atoms with Gasteiger partial charge in [-0.25, -0.2) is 4.79 Å². The van der Waals surface area contributed by atoms with Gasteiger partial charge >= 0.3 is 5.97 Å². The molecule has 3 nitrogen and oxygen atoms in total. The predicted octanol–water partition coefficient (Wildman–Crippen LogP) is 2.33. The van der Waals surface area contributed by atoms with Gasteiger partial charge in [-0.05, 0) is 25.0 Å². The van der Waals surface area contributed by atoms with Crippen LogP contribution < -0.4 is 5.32 Å². The van der Waals surface area contributed by atoms with Gasteiger partial charge in [0.15, 0.2) is 0 Å². The summed E-state index contributed by atoms with van der Waals surface area (Å²) in [6.07, 6.45) is 2.98. The number of nitrogens with one attached hydrogen (secondary N) is 1. The maximum Gasteiger partial charge on any atom is 0.331 e. The first-order valence-electron chi connectivity index (χ1n) is 5.21. The number of carbonyl (C=O) groups is 1. The first-order chi connectivity index (χ1) is 7.65. The van der Waals surface area contributed by atoms with Gasteiger partial charge in [0.25, 0.3) is 0 Å². The molecule has 1 atom stereocenters. The second kappa shape index (κ2) is 5.95. The zero-order chi connectivity index (χ0) is 12.0. The number of hydrogen-bond acceptors (Lipinski definition) is 3. The molecule has 0 heterocycles. The molecule has 0 spiro atoms. The van der Waals surface area contributed by atoms with Crippen molar-refractivity contribution >= 4 is 5.97 Å². The fourth-order valence-corrected chi connectivity index (χ4v) is 1.49. The van der Waals surface area contributed by atoms with Crippen molar-refractivity contribution in [1.82, 2.24) is 5.32 Å². The maximum absolute atomic E-state index is 10.8. The molecular weight excluding hydrogens is 202 g/mol. The van der Waals surface area contributed by atoms with Crippen LogP contribution in [-0.2, 0) is 9.53 Å². The minimum atomic E-state index is -0.357. The Kier molecular flexibility index (Phi) is 4.58. The van der Waals surface area contributed by atoms with Crippen molar-refractivity contribution in [2.24, 2.45) is 0 Å². The lowest BCUT2D eigenvalue weighted by atomic mass is 10.0. The van der Waals surface area contributed by atoms with Gasteiger partial charge in [-0.3, -0.25) is 0 Å². The summed E-state index contributed by atoms with van der Waals surface area (Å²) in [4.78, 5) is 10.8. The molecule has 0 aliphatic carbocycles. The Bertz CT molecular complexity index is 385. The van der Waals surface area contributed by atoms with E-state index in [0.717, 1.165) is 0 Å². The van der Waals surface area contributed by atoms with Crippen LogP contribution in [0.25, 0.3) is 0 Å². The normalized spacial score (nSPS) is 12.4. The fourth-order valence-electron chi connectivity index (χ4n) is 1.49.